The molecule has 0 atom stereocenters. The molecule has 1 saturated carbocycles. The van der Waals surface area contributed by atoms with Crippen LogP contribution in [0.15, 0.2) is 18.3 Å². The number of hydrogen-bond acceptors (Lipinski definition) is 2. The summed E-state index contributed by atoms with van der Waals surface area (Å²) in [5.74, 6) is 0.492. The number of alkyl halides is 1. The van der Waals surface area contributed by atoms with Gasteiger partial charge in [-0.1, -0.05) is 25.7 Å². The minimum Gasteiger partial charge on any atom is -0.372 e. The number of hydrogen-bond donors (Lipinski definition) is 0. The summed E-state index contributed by atoms with van der Waals surface area (Å²) in [6.45, 7) is 0. The molecule has 1 aliphatic rings. The van der Waals surface area contributed by atoms with Gasteiger partial charge in [-0.25, -0.2) is 0 Å². The zero-order chi connectivity index (χ0) is 12.1. The van der Waals surface area contributed by atoms with Crippen LogP contribution >= 0.6 is 11.6 Å². The first-order valence-electron chi connectivity index (χ1n) is 6.55. The Morgan fingerprint density at radius 3 is 2.65 bits per heavy atom. The van der Waals surface area contributed by atoms with Crippen LogP contribution in [-0.2, 0) is 5.88 Å². The summed E-state index contributed by atoms with van der Waals surface area (Å²) < 4.78 is 0. The summed E-state index contributed by atoms with van der Waals surface area (Å²) in [5.41, 5.74) is 2.21. The van der Waals surface area contributed by atoms with Crippen molar-refractivity contribution in [2.45, 2.75) is 50.4 Å². The zero-order valence-electron chi connectivity index (χ0n) is 10.5. The van der Waals surface area contributed by atoms with E-state index in [0.717, 1.165) is 5.69 Å². The lowest BCUT2D eigenvalue weighted by atomic mass is 10.1. The van der Waals surface area contributed by atoms with Gasteiger partial charge in [-0.05, 0) is 25.0 Å². The Morgan fingerprint density at radius 2 is 2.00 bits per heavy atom. The molecule has 1 aromatic heterocycles. The molecule has 1 heterocycles. The fourth-order valence-corrected chi connectivity index (χ4v) is 2.76. The molecule has 0 aromatic carbocycles. The van der Waals surface area contributed by atoms with Gasteiger partial charge in [-0.2, -0.15) is 0 Å². The molecule has 2 nitrogen and oxygen atoms in total. The van der Waals surface area contributed by atoms with Crippen LogP contribution in [0.1, 0.15) is 44.2 Å². The average molecular weight is 253 g/mol. The maximum atomic E-state index is 5.83. The van der Waals surface area contributed by atoms with E-state index in [-0.39, 0.29) is 0 Å². The number of nitrogens with zero attached hydrogens (tertiary/aromatic N) is 2. The maximum Gasteiger partial charge on any atom is 0.0648 e. The van der Waals surface area contributed by atoms with E-state index in [4.69, 9.17) is 11.6 Å². The molecule has 0 bridgehead atoms. The van der Waals surface area contributed by atoms with Gasteiger partial charge in [0.2, 0.25) is 0 Å². The molecule has 17 heavy (non-hydrogen) atoms. The first-order chi connectivity index (χ1) is 8.31. The molecule has 2 rings (SSSR count). The van der Waals surface area contributed by atoms with Gasteiger partial charge in [-0.15, -0.1) is 11.6 Å². The van der Waals surface area contributed by atoms with Crippen molar-refractivity contribution in [2.75, 3.05) is 11.9 Å². The third kappa shape index (κ3) is 3.35. The smallest absolute Gasteiger partial charge is 0.0648 e. The summed E-state index contributed by atoms with van der Waals surface area (Å²) in [6, 6.07) is 4.88. The van der Waals surface area contributed by atoms with Crippen LogP contribution in [0.5, 0.6) is 0 Å². The van der Waals surface area contributed by atoms with E-state index in [1.807, 2.05) is 6.20 Å². The minimum atomic E-state index is 0.492. The highest BCUT2D eigenvalue weighted by molar-refractivity contribution is 6.16. The summed E-state index contributed by atoms with van der Waals surface area (Å²) >= 11 is 5.83. The largest absolute Gasteiger partial charge is 0.372 e. The first kappa shape index (κ1) is 12.7. The highest BCUT2D eigenvalue weighted by Gasteiger charge is 2.17. The molecule has 1 aliphatic carbocycles. The molecule has 0 amide bonds. The van der Waals surface area contributed by atoms with Crippen molar-refractivity contribution in [1.29, 1.82) is 0 Å². The number of anilines is 1. The lowest BCUT2D eigenvalue weighted by Gasteiger charge is -2.29. The van der Waals surface area contributed by atoms with Crippen LogP contribution in [0.3, 0.4) is 0 Å². The summed E-state index contributed by atoms with van der Waals surface area (Å²) in [7, 11) is 2.20. The van der Waals surface area contributed by atoms with Gasteiger partial charge < -0.3 is 4.90 Å². The fourth-order valence-electron chi connectivity index (χ4n) is 2.61. The summed E-state index contributed by atoms with van der Waals surface area (Å²) in [6.07, 6.45) is 10.0. The second-order valence-corrected chi connectivity index (χ2v) is 5.16. The Morgan fingerprint density at radius 1 is 1.29 bits per heavy atom. The van der Waals surface area contributed by atoms with Crippen molar-refractivity contribution in [3.05, 3.63) is 24.0 Å². The molecular weight excluding hydrogens is 232 g/mol. The number of aromatic nitrogens is 1. The van der Waals surface area contributed by atoms with E-state index >= 15 is 0 Å². The van der Waals surface area contributed by atoms with Crippen LogP contribution < -0.4 is 4.90 Å². The van der Waals surface area contributed by atoms with Gasteiger partial charge in [0.25, 0.3) is 0 Å². The number of halogens is 1. The topological polar surface area (TPSA) is 16.1 Å². The second kappa shape index (κ2) is 6.25. The molecule has 0 spiro atoms. The monoisotopic (exact) mass is 252 g/mol. The third-order valence-electron chi connectivity index (χ3n) is 3.72. The molecule has 0 radical (unpaired) electrons. The SMILES string of the molecule is CN(c1ccnc(CCl)c1)C1CCCCCC1. The molecular formula is C14H21ClN2. The van der Waals surface area contributed by atoms with Crippen molar-refractivity contribution in [1.82, 2.24) is 4.98 Å². The predicted octanol–water partition coefficient (Wildman–Crippen LogP) is 3.98. The minimum absolute atomic E-state index is 0.492. The van der Waals surface area contributed by atoms with Crippen LogP contribution in [0, 0.1) is 0 Å². The molecule has 1 aromatic rings. The lowest BCUT2D eigenvalue weighted by molar-refractivity contribution is 0.553. The number of pyridine rings is 1. The average Bonchev–Trinajstić information content (AvgIpc) is 2.67. The van der Waals surface area contributed by atoms with Crippen LogP contribution in [0.25, 0.3) is 0 Å². The fraction of sp³-hybridized carbons (Fsp3) is 0.643. The Kier molecular flexibility index (Phi) is 4.66. The maximum absolute atomic E-state index is 5.83. The third-order valence-corrected chi connectivity index (χ3v) is 3.99. The van der Waals surface area contributed by atoms with Crippen molar-refractivity contribution >= 4 is 17.3 Å². The molecule has 0 unspecified atom stereocenters. The van der Waals surface area contributed by atoms with Crippen LogP contribution in [-0.4, -0.2) is 18.1 Å². The van der Waals surface area contributed by atoms with E-state index in [2.05, 4.69) is 29.1 Å². The van der Waals surface area contributed by atoms with Gasteiger partial charge in [0.1, 0.15) is 0 Å². The van der Waals surface area contributed by atoms with Gasteiger partial charge in [-0.3, -0.25) is 4.98 Å². The zero-order valence-corrected chi connectivity index (χ0v) is 11.3. The normalized spacial score (nSPS) is 17.8. The van der Waals surface area contributed by atoms with E-state index in [1.54, 1.807) is 0 Å². The van der Waals surface area contributed by atoms with Crippen molar-refractivity contribution in [3.8, 4) is 0 Å². The van der Waals surface area contributed by atoms with E-state index in [1.165, 1.54) is 44.2 Å². The van der Waals surface area contributed by atoms with Crippen molar-refractivity contribution in [2.24, 2.45) is 0 Å². The molecule has 0 aliphatic heterocycles. The Labute approximate surface area is 109 Å². The first-order valence-corrected chi connectivity index (χ1v) is 7.08. The molecule has 3 heteroatoms. The lowest BCUT2D eigenvalue weighted by Crippen LogP contribution is -2.31. The van der Waals surface area contributed by atoms with E-state index < -0.39 is 0 Å². The van der Waals surface area contributed by atoms with E-state index in [9.17, 15) is 0 Å². The quantitative estimate of drug-likeness (QED) is 0.598. The van der Waals surface area contributed by atoms with Gasteiger partial charge in [0.05, 0.1) is 11.6 Å². The molecule has 94 valence electrons. The highest BCUT2D eigenvalue weighted by atomic mass is 35.5. The highest BCUT2D eigenvalue weighted by Crippen LogP contribution is 2.25. The Bertz CT molecular complexity index is 346. The molecule has 0 saturated heterocycles. The van der Waals surface area contributed by atoms with Crippen molar-refractivity contribution < 1.29 is 0 Å². The Balaban J connectivity index is 2.08. The van der Waals surface area contributed by atoms with Crippen LogP contribution in [0.4, 0.5) is 5.69 Å². The van der Waals surface area contributed by atoms with E-state index in [0.29, 0.717) is 11.9 Å². The second-order valence-electron chi connectivity index (χ2n) is 4.90. The predicted molar refractivity (Wildman–Crippen MR) is 73.7 cm³/mol. The van der Waals surface area contributed by atoms with Crippen LogP contribution in [0.2, 0.25) is 0 Å². The molecule has 0 N–H and O–H groups in total. The Hall–Kier alpha value is -0.760. The van der Waals surface area contributed by atoms with Gasteiger partial charge in [0.15, 0.2) is 0 Å². The van der Waals surface area contributed by atoms with Gasteiger partial charge in [0, 0.05) is 25.0 Å². The standard InChI is InChI=1S/C14H21ClN2/c1-17(13-6-4-2-3-5-7-13)14-8-9-16-12(10-14)11-15/h8-10,13H,2-7,11H2,1H3. The summed E-state index contributed by atoms with van der Waals surface area (Å²) in [4.78, 5) is 6.65. The molecule has 1 fully saturated rings. The number of rotatable bonds is 3. The summed E-state index contributed by atoms with van der Waals surface area (Å²) in [5, 5.41) is 0. The van der Waals surface area contributed by atoms with Crippen molar-refractivity contribution in [3.63, 3.8) is 0 Å². The van der Waals surface area contributed by atoms with Gasteiger partial charge >= 0.3 is 0 Å².